The van der Waals surface area contributed by atoms with E-state index in [1.807, 2.05) is 6.92 Å². The van der Waals surface area contributed by atoms with Crippen LogP contribution < -0.4 is 10.9 Å². The Morgan fingerprint density at radius 1 is 1.41 bits per heavy atom. The van der Waals surface area contributed by atoms with Crippen LogP contribution in [0, 0.1) is 0 Å². The van der Waals surface area contributed by atoms with E-state index in [9.17, 15) is 9.59 Å². The van der Waals surface area contributed by atoms with E-state index >= 15 is 0 Å². The highest BCUT2D eigenvalue weighted by atomic mass is 16.5. The van der Waals surface area contributed by atoms with Crippen molar-refractivity contribution in [3.63, 3.8) is 0 Å². The smallest absolute Gasteiger partial charge is 0.286 e. The van der Waals surface area contributed by atoms with Crippen LogP contribution in [0.25, 0.3) is 0 Å². The average molecular weight is 239 g/mol. The molecular weight excluding hydrogens is 222 g/mol. The van der Waals surface area contributed by atoms with Gasteiger partial charge < -0.3 is 9.72 Å². The quantitative estimate of drug-likeness (QED) is 0.502. The van der Waals surface area contributed by atoms with E-state index in [-0.39, 0.29) is 11.8 Å². The molecule has 2 amide bonds. The fraction of sp³-hybridized carbons (Fsp3) is 0.455. The second-order valence-electron chi connectivity index (χ2n) is 3.39. The lowest BCUT2D eigenvalue weighted by Crippen LogP contribution is -2.41. The molecule has 0 fully saturated rings. The van der Waals surface area contributed by atoms with Crippen molar-refractivity contribution in [2.24, 2.45) is 0 Å². The van der Waals surface area contributed by atoms with E-state index in [1.165, 1.54) is 0 Å². The summed E-state index contributed by atoms with van der Waals surface area (Å²) in [6.45, 7) is 3.09. The minimum Gasteiger partial charge on any atom is -0.382 e. The first-order valence-electron chi connectivity index (χ1n) is 5.54. The largest absolute Gasteiger partial charge is 0.382 e. The zero-order valence-electron chi connectivity index (χ0n) is 9.79. The summed E-state index contributed by atoms with van der Waals surface area (Å²) in [6, 6.07) is 3.33. The molecule has 3 N–H and O–H groups in total. The van der Waals surface area contributed by atoms with Crippen molar-refractivity contribution in [3.8, 4) is 0 Å². The maximum absolute atomic E-state index is 11.4. The lowest BCUT2D eigenvalue weighted by Gasteiger charge is -2.06. The Balaban J connectivity index is 2.13. The predicted molar refractivity (Wildman–Crippen MR) is 62.1 cm³/mol. The van der Waals surface area contributed by atoms with Crippen molar-refractivity contribution in [2.45, 2.75) is 19.8 Å². The molecule has 0 radical (unpaired) electrons. The first-order valence-corrected chi connectivity index (χ1v) is 5.54. The van der Waals surface area contributed by atoms with Crippen molar-refractivity contribution in [2.75, 3.05) is 13.2 Å². The molecule has 6 heteroatoms. The van der Waals surface area contributed by atoms with Crippen LogP contribution in [0.3, 0.4) is 0 Å². The molecule has 0 saturated heterocycles. The number of hydrogen-bond donors (Lipinski definition) is 3. The van der Waals surface area contributed by atoms with Crippen molar-refractivity contribution in [3.05, 3.63) is 24.0 Å². The number of rotatable bonds is 6. The van der Waals surface area contributed by atoms with Crippen molar-refractivity contribution >= 4 is 11.8 Å². The van der Waals surface area contributed by atoms with Crippen LogP contribution >= 0.6 is 0 Å². The van der Waals surface area contributed by atoms with Gasteiger partial charge in [0.2, 0.25) is 5.91 Å². The molecule has 17 heavy (non-hydrogen) atoms. The molecule has 0 aliphatic heterocycles. The van der Waals surface area contributed by atoms with E-state index in [0.717, 1.165) is 0 Å². The summed E-state index contributed by atoms with van der Waals surface area (Å²) < 4.78 is 5.10. The van der Waals surface area contributed by atoms with Gasteiger partial charge >= 0.3 is 0 Å². The number of aromatic nitrogens is 1. The molecule has 0 bridgehead atoms. The highest BCUT2D eigenvalue weighted by Crippen LogP contribution is 1.93. The molecule has 6 nitrogen and oxygen atoms in total. The fourth-order valence-corrected chi connectivity index (χ4v) is 1.21. The van der Waals surface area contributed by atoms with Gasteiger partial charge in [-0.2, -0.15) is 0 Å². The minimum absolute atomic E-state index is 0.232. The Bertz CT molecular complexity index is 349. The van der Waals surface area contributed by atoms with Crippen LogP contribution in [0.15, 0.2) is 18.3 Å². The number of hydrogen-bond acceptors (Lipinski definition) is 3. The Hall–Kier alpha value is -1.82. The van der Waals surface area contributed by atoms with Crippen molar-refractivity contribution in [1.29, 1.82) is 0 Å². The second-order valence-corrected chi connectivity index (χ2v) is 3.39. The molecule has 0 aliphatic carbocycles. The zero-order chi connectivity index (χ0) is 12.5. The van der Waals surface area contributed by atoms with Crippen LogP contribution in [0.5, 0.6) is 0 Å². The zero-order valence-corrected chi connectivity index (χ0v) is 9.79. The normalized spacial score (nSPS) is 9.94. The molecule has 1 aromatic rings. The summed E-state index contributed by atoms with van der Waals surface area (Å²) in [4.78, 5) is 25.4. The number of amides is 2. The van der Waals surface area contributed by atoms with Crippen LogP contribution in [-0.4, -0.2) is 30.0 Å². The monoisotopic (exact) mass is 239 g/mol. The number of carbonyl (C=O) groups excluding carboxylic acids is 2. The van der Waals surface area contributed by atoms with E-state index in [2.05, 4.69) is 15.8 Å². The third kappa shape index (κ3) is 5.17. The molecule has 0 saturated carbocycles. The Morgan fingerprint density at radius 3 is 2.88 bits per heavy atom. The van der Waals surface area contributed by atoms with Gasteiger partial charge in [0.25, 0.3) is 5.91 Å². The summed E-state index contributed by atoms with van der Waals surface area (Å²) in [7, 11) is 0. The Kier molecular flexibility index (Phi) is 5.81. The number of carbonyl (C=O) groups is 2. The molecule has 0 aromatic carbocycles. The summed E-state index contributed by atoms with van der Waals surface area (Å²) in [5, 5.41) is 0. The summed E-state index contributed by atoms with van der Waals surface area (Å²) in [5.41, 5.74) is 5.05. The number of nitrogens with one attached hydrogen (secondary N) is 3. The molecule has 0 aliphatic rings. The second kappa shape index (κ2) is 7.45. The van der Waals surface area contributed by atoms with Gasteiger partial charge in [0.05, 0.1) is 0 Å². The van der Waals surface area contributed by atoms with Gasteiger partial charge in [-0.3, -0.25) is 20.4 Å². The Labute approximate surface area is 99.7 Å². The first-order chi connectivity index (χ1) is 8.24. The van der Waals surface area contributed by atoms with Crippen LogP contribution in [0.4, 0.5) is 0 Å². The number of ether oxygens (including phenoxy) is 1. The average Bonchev–Trinajstić information content (AvgIpc) is 2.85. The fourth-order valence-electron chi connectivity index (χ4n) is 1.21. The molecule has 0 unspecified atom stereocenters. The van der Waals surface area contributed by atoms with Gasteiger partial charge in [-0.15, -0.1) is 0 Å². The van der Waals surface area contributed by atoms with Crippen LogP contribution in [-0.2, 0) is 9.53 Å². The summed E-state index contributed by atoms with van der Waals surface area (Å²) in [6.07, 6.45) is 2.60. The maximum atomic E-state index is 11.4. The van der Waals surface area contributed by atoms with Crippen molar-refractivity contribution < 1.29 is 14.3 Å². The molecular formula is C11H17N3O3. The SMILES string of the molecule is CCOCCCC(=O)NNC(=O)c1ccc[nH]1. The van der Waals surface area contributed by atoms with E-state index in [0.29, 0.717) is 31.7 Å². The van der Waals surface area contributed by atoms with Gasteiger partial charge in [-0.05, 0) is 25.5 Å². The van der Waals surface area contributed by atoms with Crippen molar-refractivity contribution in [1.82, 2.24) is 15.8 Å². The number of hydrazine groups is 1. The maximum Gasteiger partial charge on any atom is 0.286 e. The Morgan fingerprint density at radius 2 is 2.24 bits per heavy atom. The standard InChI is InChI=1S/C11H17N3O3/c1-2-17-8-4-6-10(15)13-14-11(16)9-5-3-7-12-9/h3,5,7,12H,2,4,6,8H2,1H3,(H,13,15)(H,14,16). The highest BCUT2D eigenvalue weighted by Gasteiger charge is 2.06. The van der Waals surface area contributed by atoms with Gasteiger partial charge in [0.15, 0.2) is 0 Å². The molecule has 0 spiro atoms. The van der Waals surface area contributed by atoms with E-state index in [1.54, 1.807) is 18.3 Å². The van der Waals surface area contributed by atoms with Crippen LogP contribution in [0.2, 0.25) is 0 Å². The van der Waals surface area contributed by atoms with Gasteiger partial charge in [0, 0.05) is 25.8 Å². The summed E-state index contributed by atoms with van der Waals surface area (Å²) >= 11 is 0. The third-order valence-electron chi connectivity index (χ3n) is 2.05. The topological polar surface area (TPSA) is 83.2 Å². The highest BCUT2D eigenvalue weighted by molar-refractivity contribution is 5.93. The predicted octanol–water partition coefficient (Wildman–Crippen LogP) is 0.592. The molecule has 94 valence electrons. The number of H-pyrrole nitrogens is 1. The minimum atomic E-state index is -0.367. The molecule has 1 heterocycles. The van der Waals surface area contributed by atoms with Gasteiger partial charge in [0.1, 0.15) is 5.69 Å². The van der Waals surface area contributed by atoms with E-state index < -0.39 is 0 Å². The number of aromatic amines is 1. The third-order valence-corrected chi connectivity index (χ3v) is 2.05. The lowest BCUT2D eigenvalue weighted by molar-refractivity contribution is -0.122. The van der Waals surface area contributed by atoms with Gasteiger partial charge in [-0.25, -0.2) is 0 Å². The van der Waals surface area contributed by atoms with Gasteiger partial charge in [-0.1, -0.05) is 0 Å². The molecule has 1 aromatic heterocycles. The molecule has 0 atom stereocenters. The molecule has 1 rings (SSSR count). The van der Waals surface area contributed by atoms with Crippen LogP contribution in [0.1, 0.15) is 30.3 Å². The van der Waals surface area contributed by atoms with E-state index in [4.69, 9.17) is 4.74 Å². The first kappa shape index (κ1) is 13.2. The lowest BCUT2D eigenvalue weighted by atomic mass is 10.3. The summed E-state index contributed by atoms with van der Waals surface area (Å²) in [5.74, 6) is -0.599.